The molecular weight excluding hydrogens is 232 g/mol. The fourth-order valence-corrected chi connectivity index (χ4v) is 1.73. The van der Waals surface area contributed by atoms with Gasteiger partial charge in [0.2, 0.25) is 0 Å². The van der Waals surface area contributed by atoms with E-state index in [1.807, 2.05) is 0 Å². The number of para-hydroxylation sites is 1. The minimum absolute atomic E-state index is 0.158. The maximum atomic E-state index is 11.1. The Bertz CT molecular complexity index is 721. The van der Waals surface area contributed by atoms with Crippen LogP contribution in [0, 0.1) is 0 Å². The topological polar surface area (TPSA) is 91.8 Å². The highest BCUT2D eigenvalue weighted by molar-refractivity contribution is 6.01. The number of imidazole rings is 1. The number of aromatic nitrogens is 4. The van der Waals surface area contributed by atoms with Crippen LogP contribution < -0.4 is 0 Å². The molecule has 2 heterocycles. The predicted octanol–water partition coefficient (Wildman–Crippen LogP) is 1.72. The number of fused-ring (bicyclic) bond motifs is 1. The summed E-state index contributed by atoms with van der Waals surface area (Å²) in [5.41, 5.74) is 1.22. The molecule has 1 aromatic carbocycles. The minimum Gasteiger partial charge on any atom is -0.478 e. The number of nitrogens with zero attached hydrogens (tertiary/aromatic N) is 3. The molecule has 0 bridgehead atoms. The SMILES string of the molecule is O=C(O)c1cccc2[nH]c(-c3ncccn3)nc12. The van der Waals surface area contributed by atoms with E-state index in [-0.39, 0.29) is 5.56 Å². The van der Waals surface area contributed by atoms with E-state index in [0.717, 1.165) is 0 Å². The van der Waals surface area contributed by atoms with E-state index in [0.29, 0.717) is 22.7 Å². The number of aromatic amines is 1. The Morgan fingerprint density at radius 1 is 1.17 bits per heavy atom. The Morgan fingerprint density at radius 3 is 2.67 bits per heavy atom. The van der Waals surface area contributed by atoms with Gasteiger partial charge in [-0.1, -0.05) is 6.07 Å². The van der Waals surface area contributed by atoms with Crippen LogP contribution >= 0.6 is 0 Å². The van der Waals surface area contributed by atoms with Crippen molar-refractivity contribution >= 4 is 17.0 Å². The third-order valence-electron chi connectivity index (χ3n) is 2.52. The average molecular weight is 240 g/mol. The summed E-state index contributed by atoms with van der Waals surface area (Å²) in [5.74, 6) is -0.114. The molecule has 0 radical (unpaired) electrons. The molecule has 0 amide bonds. The van der Waals surface area contributed by atoms with E-state index in [2.05, 4.69) is 19.9 Å². The van der Waals surface area contributed by atoms with Crippen LogP contribution in [-0.2, 0) is 0 Å². The molecule has 0 aliphatic carbocycles. The summed E-state index contributed by atoms with van der Waals surface area (Å²) in [6, 6.07) is 6.65. The Kier molecular flexibility index (Phi) is 2.26. The zero-order valence-electron chi connectivity index (χ0n) is 9.16. The van der Waals surface area contributed by atoms with Crippen LogP contribution in [-0.4, -0.2) is 31.0 Å². The van der Waals surface area contributed by atoms with Crippen molar-refractivity contribution in [2.24, 2.45) is 0 Å². The van der Waals surface area contributed by atoms with E-state index >= 15 is 0 Å². The minimum atomic E-state index is -1.01. The van der Waals surface area contributed by atoms with Crippen molar-refractivity contribution in [2.45, 2.75) is 0 Å². The van der Waals surface area contributed by atoms with Crippen LogP contribution in [0.15, 0.2) is 36.7 Å². The number of nitrogens with one attached hydrogen (secondary N) is 1. The third kappa shape index (κ3) is 1.60. The molecule has 0 aliphatic heterocycles. The van der Waals surface area contributed by atoms with Gasteiger partial charge in [-0.05, 0) is 18.2 Å². The molecule has 0 saturated carbocycles. The highest BCUT2D eigenvalue weighted by atomic mass is 16.4. The first-order valence-electron chi connectivity index (χ1n) is 5.25. The van der Waals surface area contributed by atoms with Gasteiger partial charge in [0.05, 0.1) is 11.1 Å². The molecule has 0 atom stereocenters. The summed E-state index contributed by atoms with van der Waals surface area (Å²) in [7, 11) is 0. The lowest BCUT2D eigenvalue weighted by Crippen LogP contribution is -1.96. The molecular formula is C12H8N4O2. The van der Waals surface area contributed by atoms with Crippen LogP contribution in [0.25, 0.3) is 22.7 Å². The second kappa shape index (κ2) is 3.92. The Morgan fingerprint density at radius 2 is 1.94 bits per heavy atom. The molecule has 0 saturated heterocycles. The van der Waals surface area contributed by atoms with Gasteiger partial charge in [-0.2, -0.15) is 0 Å². The van der Waals surface area contributed by atoms with E-state index < -0.39 is 5.97 Å². The lowest BCUT2D eigenvalue weighted by atomic mass is 10.2. The summed E-state index contributed by atoms with van der Waals surface area (Å²) in [5, 5.41) is 9.08. The van der Waals surface area contributed by atoms with Crippen molar-refractivity contribution in [1.29, 1.82) is 0 Å². The van der Waals surface area contributed by atoms with Crippen LogP contribution in [0.5, 0.6) is 0 Å². The first-order valence-corrected chi connectivity index (χ1v) is 5.25. The molecule has 0 aliphatic rings. The van der Waals surface area contributed by atoms with Crippen molar-refractivity contribution in [2.75, 3.05) is 0 Å². The first-order chi connectivity index (χ1) is 8.75. The predicted molar refractivity (Wildman–Crippen MR) is 64.1 cm³/mol. The lowest BCUT2D eigenvalue weighted by Gasteiger charge is -1.93. The number of carboxylic acid groups (broad SMARTS) is 1. The zero-order chi connectivity index (χ0) is 12.5. The fourth-order valence-electron chi connectivity index (χ4n) is 1.73. The highest BCUT2D eigenvalue weighted by Crippen LogP contribution is 2.20. The van der Waals surface area contributed by atoms with Crippen molar-refractivity contribution in [1.82, 2.24) is 19.9 Å². The number of benzene rings is 1. The van der Waals surface area contributed by atoms with E-state index in [1.165, 1.54) is 6.07 Å². The summed E-state index contributed by atoms with van der Waals surface area (Å²) in [6.45, 7) is 0. The van der Waals surface area contributed by atoms with Crippen molar-refractivity contribution < 1.29 is 9.90 Å². The molecule has 6 nitrogen and oxygen atoms in total. The van der Waals surface area contributed by atoms with Gasteiger partial charge in [-0.3, -0.25) is 0 Å². The molecule has 2 N–H and O–H groups in total. The number of carboxylic acids is 1. The summed E-state index contributed by atoms with van der Waals surface area (Å²) >= 11 is 0. The fraction of sp³-hybridized carbons (Fsp3) is 0. The average Bonchev–Trinajstić information content (AvgIpc) is 2.83. The molecule has 18 heavy (non-hydrogen) atoms. The Hall–Kier alpha value is -2.76. The molecule has 6 heteroatoms. The quantitative estimate of drug-likeness (QED) is 0.711. The molecule has 0 unspecified atom stereocenters. The Labute approximate surface area is 101 Å². The largest absolute Gasteiger partial charge is 0.478 e. The van der Waals surface area contributed by atoms with Crippen LogP contribution in [0.2, 0.25) is 0 Å². The van der Waals surface area contributed by atoms with Gasteiger partial charge in [0.1, 0.15) is 5.52 Å². The van der Waals surface area contributed by atoms with Gasteiger partial charge in [0, 0.05) is 12.4 Å². The summed E-state index contributed by atoms with van der Waals surface area (Å²) < 4.78 is 0. The molecule has 2 aromatic heterocycles. The van der Waals surface area contributed by atoms with Gasteiger partial charge in [-0.15, -0.1) is 0 Å². The highest BCUT2D eigenvalue weighted by Gasteiger charge is 2.13. The number of hydrogen-bond acceptors (Lipinski definition) is 4. The van der Waals surface area contributed by atoms with E-state index in [9.17, 15) is 4.79 Å². The van der Waals surface area contributed by atoms with Gasteiger partial charge in [0.25, 0.3) is 0 Å². The van der Waals surface area contributed by atoms with Crippen molar-refractivity contribution in [3.63, 3.8) is 0 Å². The molecule has 3 aromatic rings. The molecule has 0 fully saturated rings. The van der Waals surface area contributed by atoms with Crippen LogP contribution in [0.4, 0.5) is 0 Å². The van der Waals surface area contributed by atoms with Gasteiger partial charge < -0.3 is 10.1 Å². The molecule has 0 spiro atoms. The first kappa shape index (κ1) is 10.4. The molecule has 88 valence electrons. The van der Waals surface area contributed by atoms with Gasteiger partial charge in [0.15, 0.2) is 11.6 Å². The smallest absolute Gasteiger partial charge is 0.337 e. The van der Waals surface area contributed by atoms with Crippen LogP contribution in [0.1, 0.15) is 10.4 Å². The second-order valence-corrected chi connectivity index (χ2v) is 3.66. The lowest BCUT2D eigenvalue weighted by molar-refractivity contribution is 0.0699. The number of hydrogen-bond donors (Lipinski definition) is 2. The van der Waals surface area contributed by atoms with Gasteiger partial charge in [-0.25, -0.2) is 19.7 Å². The Balaban J connectivity index is 2.23. The number of carbonyl (C=O) groups is 1. The van der Waals surface area contributed by atoms with E-state index in [1.54, 1.807) is 30.6 Å². The number of rotatable bonds is 2. The third-order valence-corrected chi connectivity index (χ3v) is 2.52. The number of aromatic carboxylic acids is 1. The van der Waals surface area contributed by atoms with Crippen molar-refractivity contribution in [3.8, 4) is 11.6 Å². The maximum absolute atomic E-state index is 11.1. The normalized spacial score (nSPS) is 10.7. The monoisotopic (exact) mass is 240 g/mol. The van der Waals surface area contributed by atoms with Crippen LogP contribution in [0.3, 0.4) is 0 Å². The summed E-state index contributed by atoms with van der Waals surface area (Å²) in [6.07, 6.45) is 3.21. The zero-order valence-corrected chi connectivity index (χ0v) is 9.16. The standard InChI is InChI=1S/C12H8N4O2/c17-12(18)7-3-1-4-8-9(7)16-11(15-8)10-13-5-2-6-14-10/h1-6H,(H,15,16)(H,17,18). The maximum Gasteiger partial charge on any atom is 0.337 e. The summed E-state index contributed by atoms with van der Waals surface area (Å²) in [4.78, 5) is 26.5. The van der Waals surface area contributed by atoms with E-state index in [4.69, 9.17) is 5.11 Å². The second-order valence-electron chi connectivity index (χ2n) is 3.66. The van der Waals surface area contributed by atoms with Crippen molar-refractivity contribution in [3.05, 3.63) is 42.2 Å². The number of H-pyrrole nitrogens is 1. The molecule has 3 rings (SSSR count). The van der Waals surface area contributed by atoms with Gasteiger partial charge >= 0.3 is 5.97 Å².